The third kappa shape index (κ3) is 5.03. The highest BCUT2D eigenvalue weighted by Gasteiger charge is 2.28. The van der Waals surface area contributed by atoms with E-state index in [1.807, 2.05) is 6.92 Å². The Balaban J connectivity index is 2.49. The lowest BCUT2D eigenvalue weighted by Gasteiger charge is -2.15. The van der Waals surface area contributed by atoms with E-state index in [-0.39, 0.29) is 6.61 Å². The van der Waals surface area contributed by atoms with Crippen LogP contribution < -0.4 is 11.3 Å². The number of halogens is 3. The SMILES string of the molecule is CCCn1cc(C(COCC(F)(F)F)NN)cn1. The highest BCUT2D eigenvalue weighted by Crippen LogP contribution is 2.17. The van der Waals surface area contributed by atoms with Crippen LogP contribution in [0.15, 0.2) is 12.4 Å². The van der Waals surface area contributed by atoms with Gasteiger partial charge in [0.15, 0.2) is 0 Å². The number of rotatable bonds is 7. The van der Waals surface area contributed by atoms with Crippen LogP contribution in [0, 0.1) is 0 Å². The molecule has 3 N–H and O–H groups in total. The summed E-state index contributed by atoms with van der Waals surface area (Å²) in [6, 6.07) is -0.502. The summed E-state index contributed by atoms with van der Waals surface area (Å²) in [5.74, 6) is 5.29. The Labute approximate surface area is 103 Å². The molecular formula is C10H17F3N4O. The minimum absolute atomic E-state index is 0.159. The highest BCUT2D eigenvalue weighted by molar-refractivity contribution is 5.10. The monoisotopic (exact) mass is 266 g/mol. The van der Waals surface area contributed by atoms with E-state index in [2.05, 4.69) is 15.3 Å². The third-order valence-corrected chi connectivity index (χ3v) is 2.26. The fourth-order valence-electron chi connectivity index (χ4n) is 1.44. The van der Waals surface area contributed by atoms with Gasteiger partial charge in [-0.1, -0.05) is 6.92 Å². The molecule has 1 atom stereocenters. The van der Waals surface area contributed by atoms with Gasteiger partial charge < -0.3 is 4.74 Å². The van der Waals surface area contributed by atoms with Crippen molar-refractivity contribution in [3.05, 3.63) is 18.0 Å². The van der Waals surface area contributed by atoms with Gasteiger partial charge in [-0.25, -0.2) is 0 Å². The number of nitrogens with two attached hydrogens (primary N) is 1. The van der Waals surface area contributed by atoms with Crippen molar-refractivity contribution in [3.63, 3.8) is 0 Å². The molecule has 0 saturated carbocycles. The van der Waals surface area contributed by atoms with Crippen LogP contribution in [0.4, 0.5) is 13.2 Å². The van der Waals surface area contributed by atoms with E-state index in [9.17, 15) is 13.2 Å². The Bertz CT molecular complexity index is 353. The van der Waals surface area contributed by atoms with Crippen molar-refractivity contribution in [1.29, 1.82) is 0 Å². The standard InChI is InChI=1S/C10H17F3N4O/c1-2-3-17-5-8(4-15-17)9(16-14)6-18-7-10(11,12)13/h4-5,9,16H,2-3,6-7,14H2,1H3. The van der Waals surface area contributed by atoms with Gasteiger partial charge >= 0.3 is 6.18 Å². The maximum atomic E-state index is 11.9. The Kier molecular flexibility index (Phi) is 5.57. The number of nitrogens with one attached hydrogen (secondary N) is 1. The Morgan fingerprint density at radius 3 is 2.83 bits per heavy atom. The van der Waals surface area contributed by atoms with Gasteiger partial charge in [0, 0.05) is 18.3 Å². The van der Waals surface area contributed by atoms with Crippen LogP contribution in [-0.4, -0.2) is 29.2 Å². The molecule has 1 aromatic heterocycles. The molecule has 0 bridgehead atoms. The zero-order chi connectivity index (χ0) is 13.6. The van der Waals surface area contributed by atoms with Crippen molar-refractivity contribution in [2.24, 2.45) is 5.84 Å². The number of hydrogen-bond acceptors (Lipinski definition) is 4. The summed E-state index contributed by atoms with van der Waals surface area (Å²) in [5, 5.41) is 4.07. The normalized spacial score (nSPS) is 13.8. The summed E-state index contributed by atoms with van der Waals surface area (Å²) in [5.41, 5.74) is 3.12. The zero-order valence-electron chi connectivity index (χ0n) is 10.1. The largest absolute Gasteiger partial charge is 0.411 e. The molecule has 0 aliphatic heterocycles. The number of alkyl halides is 3. The van der Waals surface area contributed by atoms with E-state index in [0.29, 0.717) is 5.56 Å². The van der Waals surface area contributed by atoms with Crippen LogP contribution in [0.3, 0.4) is 0 Å². The topological polar surface area (TPSA) is 65.1 Å². The second kappa shape index (κ2) is 6.72. The molecule has 0 aliphatic carbocycles. The smallest absolute Gasteiger partial charge is 0.370 e. The molecule has 1 rings (SSSR count). The predicted molar refractivity (Wildman–Crippen MR) is 59.5 cm³/mol. The maximum absolute atomic E-state index is 11.9. The molecule has 0 amide bonds. The lowest BCUT2D eigenvalue weighted by Crippen LogP contribution is -2.32. The number of hydrogen-bond donors (Lipinski definition) is 2. The number of aryl methyl sites for hydroxylation is 1. The summed E-state index contributed by atoms with van der Waals surface area (Å²) in [7, 11) is 0. The van der Waals surface area contributed by atoms with Gasteiger partial charge in [0.2, 0.25) is 0 Å². The van der Waals surface area contributed by atoms with Gasteiger partial charge in [-0.3, -0.25) is 16.0 Å². The molecule has 0 radical (unpaired) electrons. The van der Waals surface area contributed by atoms with E-state index in [1.54, 1.807) is 17.1 Å². The minimum atomic E-state index is -4.33. The first-order chi connectivity index (χ1) is 8.46. The molecular weight excluding hydrogens is 249 g/mol. The van der Waals surface area contributed by atoms with Crippen LogP contribution in [0.1, 0.15) is 24.9 Å². The quantitative estimate of drug-likeness (QED) is 0.578. The van der Waals surface area contributed by atoms with Crippen LogP contribution >= 0.6 is 0 Å². The van der Waals surface area contributed by atoms with Crippen molar-refractivity contribution < 1.29 is 17.9 Å². The number of hydrazine groups is 1. The van der Waals surface area contributed by atoms with E-state index >= 15 is 0 Å². The predicted octanol–water partition coefficient (Wildman–Crippen LogP) is 1.38. The molecule has 104 valence electrons. The van der Waals surface area contributed by atoms with Gasteiger partial charge in [-0.05, 0) is 6.42 Å². The van der Waals surface area contributed by atoms with Crippen LogP contribution in [0.5, 0.6) is 0 Å². The first-order valence-corrected chi connectivity index (χ1v) is 5.59. The van der Waals surface area contributed by atoms with Gasteiger partial charge in [0.05, 0.1) is 18.8 Å². The Morgan fingerprint density at radius 2 is 2.28 bits per heavy atom. The average Bonchev–Trinajstić information content (AvgIpc) is 2.72. The van der Waals surface area contributed by atoms with Crippen LogP contribution in [-0.2, 0) is 11.3 Å². The molecule has 18 heavy (non-hydrogen) atoms. The van der Waals surface area contributed by atoms with Gasteiger partial charge in [-0.2, -0.15) is 18.3 Å². The van der Waals surface area contributed by atoms with Crippen molar-refractivity contribution in [2.75, 3.05) is 13.2 Å². The molecule has 0 aliphatic rings. The highest BCUT2D eigenvalue weighted by atomic mass is 19.4. The molecule has 0 fully saturated rings. The van der Waals surface area contributed by atoms with Gasteiger partial charge in [0.1, 0.15) is 6.61 Å². The second-order valence-corrected chi connectivity index (χ2v) is 3.89. The Hall–Kier alpha value is -1.12. The summed E-state index contributed by atoms with van der Waals surface area (Å²) in [6.45, 7) is 1.31. The molecule has 1 heterocycles. The number of ether oxygens (including phenoxy) is 1. The number of nitrogens with zero attached hydrogens (tertiary/aromatic N) is 2. The molecule has 0 aromatic carbocycles. The Morgan fingerprint density at radius 1 is 1.56 bits per heavy atom. The lowest BCUT2D eigenvalue weighted by molar-refractivity contribution is -0.175. The summed E-state index contributed by atoms with van der Waals surface area (Å²) >= 11 is 0. The number of aromatic nitrogens is 2. The van der Waals surface area contributed by atoms with E-state index in [0.717, 1.165) is 13.0 Å². The third-order valence-electron chi connectivity index (χ3n) is 2.26. The minimum Gasteiger partial charge on any atom is -0.370 e. The van der Waals surface area contributed by atoms with Gasteiger partial charge in [-0.15, -0.1) is 0 Å². The first kappa shape index (κ1) is 14.9. The summed E-state index contributed by atoms with van der Waals surface area (Å²) in [4.78, 5) is 0. The summed E-state index contributed by atoms with van der Waals surface area (Å²) < 4.78 is 42.1. The first-order valence-electron chi connectivity index (χ1n) is 5.59. The fourth-order valence-corrected chi connectivity index (χ4v) is 1.44. The van der Waals surface area contributed by atoms with E-state index in [1.165, 1.54) is 0 Å². The summed E-state index contributed by atoms with van der Waals surface area (Å²) in [6.07, 6.45) is -0.0972. The van der Waals surface area contributed by atoms with E-state index in [4.69, 9.17) is 5.84 Å². The molecule has 5 nitrogen and oxygen atoms in total. The molecule has 8 heteroatoms. The molecule has 1 unspecified atom stereocenters. The van der Waals surface area contributed by atoms with Crippen molar-refractivity contribution in [1.82, 2.24) is 15.2 Å². The van der Waals surface area contributed by atoms with Gasteiger partial charge in [0.25, 0.3) is 0 Å². The lowest BCUT2D eigenvalue weighted by atomic mass is 10.2. The van der Waals surface area contributed by atoms with E-state index < -0.39 is 18.8 Å². The van der Waals surface area contributed by atoms with Crippen molar-refractivity contribution in [2.45, 2.75) is 32.1 Å². The second-order valence-electron chi connectivity index (χ2n) is 3.89. The molecule has 0 saturated heterocycles. The van der Waals surface area contributed by atoms with Crippen LogP contribution in [0.25, 0.3) is 0 Å². The average molecular weight is 266 g/mol. The van der Waals surface area contributed by atoms with Crippen molar-refractivity contribution >= 4 is 0 Å². The maximum Gasteiger partial charge on any atom is 0.411 e. The van der Waals surface area contributed by atoms with Crippen molar-refractivity contribution in [3.8, 4) is 0 Å². The fraction of sp³-hybridized carbons (Fsp3) is 0.700. The molecule has 1 aromatic rings. The van der Waals surface area contributed by atoms with Crippen LogP contribution in [0.2, 0.25) is 0 Å². The zero-order valence-corrected chi connectivity index (χ0v) is 10.1. The molecule has 0 spiro atoms.